The Morgan fingerprint density at radius 3 is 2.81 bits per heavy atom. The minimum absolute atomic E-state index is 0.0586. The van der Waals surface area contributed by atoms with Gasteiger partial charge < -0.3 is 19.7 Å². The number of carbonyl (C=O) groups is 1. The lowest BCUT2D eigenvalue weighted by atomic mass is 10.2. The number of urea groups is 1. The van der Waals surface area contributed by atoms with Crippen molar-refractivity contribution in [2.24, 2.45) is 0 Å². The number of nitrogens with zero attached hydrogens (tertiary/aromatic N) is 1. The molecule has 144 valence electrons. The van der Waals surface area contributed by atoms with Gasteiger partial charge >= 0.3 is 6.03 Å². The van der Waals surface area contributed by atoms with E-state index >= 15 is 0 Å². The van der Waals surface area contributed by atoms with Crippen molar-refractivity contribution in [1.29, 1.82) is 0 Å². The summed E-state index contributed by atoms with van der Waals surface area (Å²) in [5.74, 6) is 0.698. The van der Waals surface area contributed by atoms with Crippen molar-refractivity contribution >= 4 is 23.1 Å². The van der Waals surface area contributed by atoms with E-state index in [1.165, 1.54) is 9.75 Å². The Balaban J connectivity index is 1.41. The summed E-state index contributed by atoms with van der Waals surface area (Å²) in [6, 6.07) is 12.1. The van der Waals surface area contributed by atoms with E-state index in [1.807, 2.05) is 29.2 Å². The van der Waals surface area contributed by atoms with Crippen LogP contribution < -0.4 is 10.1 Å². The van der Waals surface area contributed by atoms with Gasteiger partial charge in [-0.15, -0.1) is 11.3 Å². The van der Waals surface area contributed by atoms with Gasteiger partial charge in [0, 0.05) is 22.4 Å². The summed E-state index contributed by atoms with van der Waals surface area (Å²) in [6.07, 6.45) is 4.43. The highest BCUT2D eigenvalue weighted by Crippen LogP contribution is 2.32. The second kappa shape index (κ2) is 8.31. The molecule has 5 nitrogen and oxygen atoms in total. The first kappa shape index (κ1) is 18.3. The van der Waals surface area contributed by atoms with Crippen LogP contribution in [-0.2, 0) is 11.3 Å². The van der Waals surface area contributed by atoms with Crippen molar-refractivity contribution in [3.8, 4) is 5.75 Å². The summed E-state index contributed by atoms with van der Waals surface area (Å²) in [4.78, 5) is 17.4. The summed E-state index contributed by atoms with van der Waals surface area (Å²) in [5, 5.41) is 3.06. The van der Waals surface area contributed by atoms with Crippen molar-refractivity contribution in [2.45, 2.75) is 51.3 Å². The zero-order valence-corrected chi connectivity index (χ0v) is 16.5. The molecule has 1 aliphatic carbocycles. The van der Waals surface area contributed by atoms with Crippen LogP contribution in [-0.4, -0.2) is 36.3 Å². The molecule has 1 atom stereocenters. The number of aryl methyl sites for hydroxylation is 1. The fraction of sp³-hybridized carbons (Fsp3) is 0.476. The molecule has 1 aromatic carbocycles. The quantitative estimate of drug-likeness (QED) is 0.743. The minimum Gasteiger partial charge on any atom is -0.489 e. The number of hydrogen-bond donors (Lipinski definition) is 1. The van der Waals surface area contributed by atoms with Gasteiger partial charge in [0.15, 0.2) is 0 Å². The summed E-state index contributed by atoms with van der Waals surface area (Å²) in [5.41, 5.74) is 0.716. The molecule has 1 saturated heterocycles. The lowest BCUT2D eigenvalue weighted by Gasteiger charge is -2.23. The molecule has 2 heterocycles. The van der Waals surface area contributed by atoms with Crippen molar-refractivity contribution in [3.63, 3.8) is 0 Å². The second-order valence-corrected chi connectivity index (χ2v) is 8.62. The zero-order chi connectivity index (χ0) is 18.6. The Morgan fingerprint density at radius 1 is 1.26 bits per heavy atom. The summed E-state index contributed by atoms with van der Waals surface area (Å²) in [7, 11) is 0. The van der Waals surface area contributed by atoms with E-state index in [1.54, 1.807) is 11.3 Å². The summed E-state index contributed by atoms with van der Waals surface area (Å²) < 4.78 is 11.6. The third-order valence-electron chi connectivity index (χ3n) is 4.95. The van der Waals surface area contributed by atoms with Gasteiger partial charge in [-0.2, -0.15) is 0 Å². The normalized spacial score (nSPS) is 19.1. The van der Waals surface area contributed by atoms with Gasteiger partial charge in [0.05, 0.1) is 18.3 Å². The SMILES string of the molecule is Cc1ccc(CN(C(=O)Nc2ccccc2OCC2CCCO2)C2CC2)s1. The Kier molecular flexibility index (Phi) is 5.64. The molecule has 4 rings (SSSR count). The number of anilines is 1. The molecular formula is C21H26N2O3S. The van der Waals surface area contributed by atoms with Crippen LogP contribution in [0.1, 0.15) is 35.4 Å². The van der Waals surface area contributed by atoms with E-state index in [2.05, 4.69) is 24.4 Å². The highest BCUT2D eigenvalue weighted by atomic mass is 32.1. The van der Waals surface area contributed by atoms with E-state index in [-0.39, 0.29) is 12.1 Å². The number of nitrogens with one attached hydrogen (secondary N) is 1. The number of carbonyl (C=O) groups excluding carboxylic acids is 1. The summed E-state index contributed by atoms with van der Waals surface area (Å²) >= 11 is 1.75. The maximum Gasteiger partial charge on any atom is 0.322 e. The van der Waals surface area contributed by atoms with Crippen LogP contribution in [0, 0.1) is 6.92 Å². The largest absolute Gasteiger partial charge is 0.489 e. The number of ether oxygens (including phenoxy) is 2. The molecule has 0 radical (unpaired) electrons. The smallest absolute Gasteiger partial charge is 0.322 e. The number of amides is 2. The zero-order valence-electron chi connectivity index (χ0n) is 15.6. The number of hydrogen-bond acceptors (Lipinski definition) is 4. The minimum atomic E-state index is -0.0586. The molecule has 0 bridgehead atoms. The lowest BCUT2D eigenvalue weighted by Crippen LogP contribution is -2.36. The van der Waals surface area contributed by atoms with Crippen LogP contribution in [0.3, 0.4) is 0 Å². The lowest BCUT2D eigenvalue weighted by molar-refractivity contribution is 0.0682. The molecule has 1 unspecified atom stereocenters. The van der Waals surface area contributed by atoms with Crippen molar-refractivity contribution in [3.05, 3.63) is 46.2 Å². The molecule has 1 aliphatic heterocycles. The van der Waals surface area contributed by atoms with Gasteiger partial charge in [-0.3, -0.25) is 0 Å². The van der Waals surface area contributed by atoms with Crippen LogP contribution in [0.25, 0.3) is 0 Å². The van der Waals surface area contributed by atoms with Gasteiger partial charge in [0.25, 0.3) is 0 Å². The first-order valence-corrected chi connectivity index (χ1v) is 10.5. The number of benzene rings is 1. The summed E-state index contributed by atoms with van der Waals surface area (Å²) in [6.45, 7) is 4.09. The van der Waals surface area contributed by atoms with Crippen LogP contribution in [0.15, 0.2) is 36.4 Å². The van der Waals surface area contributed by atoms with Crippen molar-refractivity contribution < 1.29 is 14.3 Å². The molecule has 2 amide bonds. The first-order chi connectivity index (χ1) is 13.2. The molecule has 0 spiro atoms. The predicted molar refractivity (Wildman–Crippen MR) is 108 cm³/mol. The molecule has 1 aromatic heterocycles. The maximum atomic E-state index is 13.0. The molecule has 6 heteroatoms. The fourth-order valence-corrected chi connectivity index (χ4v) is 4.22. The molecule has 2 aromatic rings. The Hall–Kier alpha value is -2.05. The van der Waals surface area contributed by atoms with Crippen LogP contribution >= 0.6 is 11.3 Å². The topological polar surface area (TPSA) is 50.8 Å². The van der Waals surface area contributed by atoms with E-state index in [4.69, 9.17) is 9.47 Å². The predicted octanol–water partition coefficient (Wildman–Crippen LogP) is 4.81. The highest BCUT2D eigenvalue weighted by Gasteiger charge is 2.33. The van der Waals surface area contributed by atoms with E-state index in [9.17, 15) is 4.79 Å². The average molecular weight is 387 g/mol. The molecule has 1 N–H and O–H groups in total. The van der Waals surface area contributed by atoms with Crippen molar-refractivity contribution in [1.82, 2.24) is 4.90 Å². The number of thiophene rings is 1. The number of rotatable bonds is 7. The Bertz CT molecular complexity index is 781. The standard InChI is InChI=1S/C21H26N2O3S/c1-15-8-11-18(27-15)13-23(16-9-10-16)21(24)22-19-6-2-3-7-20(19)26-14-17-5-4-12-25-17/h2-3,6-8,11,16-17H,4-5,9-10,12-14H2,1H3,(H,22,24). The molecule has 2 fully saturated rings. The third-order valence-corrected chi connectivity index (χ3v) is 5.93. The Labute approximate surface area is 164 Å². The average Bonchev–Trinajstić information content (AvgIpc) is 3.20. The monoisotopic (exact) mass is 386 g/mol. The van der Waals surface area contributed by atoms with E-state index in [0.717, 1.165) is 32.3 Å². The van der Waals surface area contributed by atoms with E-state index in [0.29, 0.717) is 30.6 Å². The fourth-order valence-electron chi connectivity index (χ4n) is 3.33. The van der Waals surface area contributed by atoms with Gasteiger partial charge in [-0.05, 0) is 56.9 Å². The first-order valence-electron chi connectivity index (χ1n) is 9.65. The van der Waals surface area contributed by atoms with Crippen LogP contribution in [0.4, 0.5) is 10.5 Å². The van der Waals surface area contributed by atoms with E-state index < -0.39 is 0 Å². The molecule has 2 aliphatic rings. The van der Waals surface area contributed by atoms with Gasteiger partial charge in [-0.25, -0.2) is 4.79 Å². The maximum absolute atomic E-state index is 13.0. The second-order valence-electron chi connectivity index (χ2n) is 7.24. The number of para-hydroxylation sites is 2. The Morgan fingerprint density at radius 2 is 2.11 bits per heavy atom. The molecule has 1 saturated carbocycles. The van der Waals surface area contributed by atoms with Gasteiger partial charge in [0.2, 0.25) is 0 Å². The van der Waals surface area contributed by atoms with Gasteiger partial charge in [0.1, 0.15) is 12.4 Å². The van der Waals surface area contributed by atoms with Gasteiger partial charge in [-0.1, -0.05) is 12.1 Å². The highest BCUT2D eigenvalue weighted by molar-refractivity contribution is 7.11. The third kappa shape index (κ3) is 4.82. The van der Waals surface area contributed by atoms with Crippen LogP contribution in [0.5, 0.6) is 5.75 Å². The van der Waals surface area contributed by atoms with Crippen LogP contribution in [0.2, 0.25) is 0 Å². The van der Waals surface area contributed by atoms with Crippen molar-refractivity contribution in [2.75, 3.05) is 18.5 Å². The molecular weight excluding hydrogens is 360 g/mol. The molecule has 27 heavy (non-hydrogen) atoms.